The summed E-state index contributed by atoms with van der Waals surface area (Å²) in [5.74, 6) is -0.654. The molecule has 0 aromatic rings. The van der Waals surface area contributed by atoms with Gasteiger partial charge in [0, 0.05) is 32.1 Å². The molecule has 1 fully saturated rings. The number of rotatable bonds is 4. The molecule has 1 N–H and O–H groups in total. The van der Waals surface area contributed by atoms with Gasteiger partial charge in [-0.25, -0.2) is 4.79 Å². The van der Waals surface area contributed by atoms with Crippen LogP contribution in [0.3, 0.4) is 0 Å². The van der Waals surface area contributed by atoms with Gasteiger partial charge in [-0.05, 0) is 13.3 Å². The van der Waals surface area contributed by atoms with Gasteiger partial charge in [0.15, 0.2) is 0 Å². The summed E-state index contributed by atoms with van der Waals surface area (Å²) in [5, 5.41) is 8.60. The summed E-state index contributed by atoms with van der Waals surface area (Å²) in [6.07, 6.45) is 1.09. The summed E-state index contributed by atoms with van der Waals surface area (Å²) >= 11 is 0. The zero-order valence-corrected chi connectivity index (χ0v) is 10.1. The van der Waals surface area contributed by atoms with Crippen LogP contribution in [0.2, 0.25) is 0 Å². The van der Waals surface area contributed by atoms with E-state index in [1.54, 1.807) is 16.8 Å². The molecule has 1 atom stereocenters. The first-order valence-electron chi connectivity index (χ1n) is 5.69. The largest absolute Gasteiger partial charge is 0.481 e. The molecule has 0 aromatic heterocycles. The van der Waals surface area contributed by atoms with Crippen molar-refractivity contribution in [3.8, 4) is 0 Å². The van der Waals surface area contributed by atoms with Crippen LogP contribution in [0.5, 0.6) is 0 Å². The number of hydrogen-bond donors (Lipinski definition) is 1. The topological polar surface area (TPSA) is 60.9 Å². The predicted octanol–water partition coefficient (Wildman–Crippen LogP) is 1.24. The molecule has 0 aromatic carbocycles. The van der Waals surface area contributed by atoms with E-state index < -0.39 is 5.97 Å². The average molecular weight is 228 g/mol. The molecule has 0 saturated carbocycles. The van der Waals surface area contributed by atoms with Crippen molar-refractivity contribution >= 4 is 12.0 Å². The predicted molar refractivity (Wildman–Crippen MR) is 60.2 cm³/mol. The highest BCUT2D eigenvalue weighted by Crippen LogP contribution is 2.21. The maximum absolute atomic E-state index is 11.9. The number of urea groups is 1. The first-order valence-corrected chi connectivity index (χ1v) is 5.69. The number of carboxylic acid groups (broad SMARTS) is 1. The number of nitrogens with zero attached hydrogens (tertiary/aromatic N) is 2. The second kappa shape index (κ2) is 5.18. The molecule has 0 bridgehead atoms. The van der Waals surface area contributed by atoms with Crippen LogP contribution in [0.4, 0.5) is 4.79 Å². The van der Waals surface area contributed by atoms with Crippen LogP contribution < -0.4 is 0 Å². The molecule has 0 spiro atoms. The molecular weight excluding hydrogens is 208 g/mol. The van der Waals surface area contributed by atoms with Crippen LogP contribution in [0.15, 0.2) is 0 Å². The Morgan fingerprint density at radius 3 is 2.50 bits per heavy atom. The third-order valence-corrected chi connectivity index (χ3v) is 3.24. The summed E-state index contributed by atoms with van der Waals surface area (Å²) in [6.45, 7) is 5.20. The second-order valence-corrected chi connectivity index (χ2v) is 4.52. The SMILES string of the molecule is CCC(C)N(C)C(=O)N1CC(CC(=O)O)C1. The molecule has 1 rings (SSSR count). The summed E-state index contributed by atoms with van der Waals surface area (Å²) in [6, 6.07) is 0.238. The third-order valence-electron chi connectivity index (χ3n) is 3.24. The van der Waals surface area contributed by atoms with E-state index in [0.717, 1.165) is 6.42 Å². The highest BCUT2D eigenvalue weighted by Gasteiger charge is 2.34. The Morgan fingerprint density at radius 1 is 1.50 bits per heavy atom. The fourth-order valence-corrected chi connectivity index (χ4v) is 1.79. The molecule has 5 nitrogen and oxygen atoms in total. The van der Waals surface area contributed by atoms with E-state index in [-0.39, 0.29) is 24.4 Å². The Morgan fingerprint density at radius 2 is 2.06 bits per heavy atom. The summed E-state index contributed by atoms with van der Waals surface area (Å²) in [7, 11) is 1.79. The molecule has 16 heavy (non-hydrogen) atoms. The van der Waals surface area contributed by atoms with Gasteiger partial charge in [-0.15, -0.1) is 0 Å². The van der Waals surface area contributed by atoms with Crippen molar-refractivity contribution in [2.75, 3.05) is 20.1 Å². The molecule has 0 aliphatic carbocycles. The van der Waals surface area contributed by atoms with Gasteiger partial charge in [-0.2, -0.15) is 0 Å². The minimum atomic E-state index is -0.785. The molecule has 1 heterocycles. The minimum absolute atomic E-state index is 0.0102. The van der Waals surface area contributed by atoms with E-state index in [1.807, 2.05) is 13.8 Å². The maximum Gasteiger partial charge on any atom is 0.320 e. The van der Waals surface area contributed by atoms with Gasteiger partial charge in [-0.1, -0.05) is 6.92 Å². The molecular formula is C11H20N2O3. The molecule has 2 amide bonds. The lowest BCUT2D eigenvalue weighted by Gasteiger charge is -2.41. The van der Waals surface area contributed by atoms with Crippen LogP contribution in [0, 0.1) is 5.92 Å². The number of amides is 2. The zero-order valence-electron chi connectivity index (χ0n) is 10.1. The lowest BCUT2D eigenvalue weighted by molar-refractivity contribution is -0.139. The van der Waals surface area contributed by atoms with Gasteiger partial charge in [0.1, 0.15) is 0 Å². The van der Waals surface area contributed by atoms with Gasteiger partial charge >= 0.3 is 12.0 Å². The molecule has 1 saturated heterocycles. The smallest absolute Gasteiger partial charge is 0.320 e. The fraction of sp³-hybridized carbons (Fsp3) is 0.818. The summed E-state index contributed by atoms with van der Waals surface area (Å²) in [4.78, 5) is 25.7. The molecule has 5 heteroatoms. The van der Waals surface area contributed by atoms with Crippen LogP contribution in [-0.4, -0.2) is 53.1 Å². The Kier molecular flexibility index (Phi) is 4.15. The summed E-state index contributed by atoms with van der Waals surface area (Å²) in [5.41, 5.74) is 0. The molecule has 1 aliphatic rings. The quantitative estimate of drug-likeness (QED) is 0.787. The van der Waals surface area contributed by atoms with Crippen molar-refractivity contribution in [3.05, 3.63) is 0 Å². The van der Waals surface area contributed by atoms with Crippen LogP contribution in [0.1, 0.15) is 26.7 Å². The highest BCUT2D eigenvalue weighted by molar-refractivity contribution is 5.76. The Labute approximate surface area is 96.0 Å². The number of aliphatic carboxylic acids is 1. The van der Waals surface area contributed by atoms with Gasteiger partial charge in [0.05, 0.1) is 6.42 Å². The number of carbonyl (C=O) groups excluding carboxylic acids is 1. The van der Waals surface area contributed by atoms with Crippen molar-refractivity contribution in [2.45, 2.75) is 32.7 Å². The van der Waals surface area contributed by atoms with E-state index >= 15 is 0 Å². The number of carbonyl (C=O) groups is 2. The lowest BCUT2D eigenvalue weighted by atomic mass is 9.97. The van der Waals surface area contributed by atoms with Crippen LogP contribution in [0.25, 0.3) is 0 Å². The maximum atomic E-state index is 11.9. The van der Waals surface area contributed by atoms with E-state index in [2.05, 4.69) is 0 Å². The van der Waals surface area contributed by atoms with Crippen LogP contribution >= 0.6 is 0 Å². The third kappa shape index (κ3) is 2.87. The highest BCUT2D eigenvalue weighted by atomic mass is 16.4. The first-order chi connectivity index (χ1) is 7.45. The van der Waals surface area contributed by atoms with Crippen molar-refractivity contribution in [1.29, 1.82) is 0 Å². The van der Waals surface area contributed by atoms with Crippen molar-refractivity contribution in [2.24, 2.45) is 5.92 Å². The standard InChI is InChI=1S/C11H20N2O3/c1-4-8(2)12(3)11(16)13-6-9(7-13)5-10(14)15/h8-9H,4-7H2,1-3H3,(H,14,15). The van der Waals surface area contributed by atoms with Gasteiger partial charge in [0.25, 0.3) is 0 Å². The molecule has 92 valence electrons. The second-order valence-electron chi connectivity index (χ2n) is 4.52. The lowest BCUT2D eigenvalue weighted by Crippen LogP contribution is -2.55. The van der Waals surface area contributed by atoms with Gasteiger partial charge in [-0.3, -0.25) is 4.79 Å². The molecule has 1 aliphatic heterocycles. The Bertz CT molecular complexity index is 274. The van der Waals surface area contributed by atoms with Crippen molar-refractivity contribution in [1.82, 2.24) is 9.80 Å². The number of likely N-dealkylation sites (tertiary alicyclic amines) is 1. The number of hydrogen-bond acceptors (Lipinski definition) is 2. The normalized spacial score (nSPS) is 17.8. The zero-order chi connectivity index (χ0) is 12.3. The minimum Gasteiger partial charge on any atom is -0.481 e. The molecule has 1 unspecified atom stereocenters. The van der Waals surface area contributed by atoms with E-state index in [4.69, 9.17) is 5.11 Å². The van der Waals surface area contributed by atoms with Crippen molar-refractivity contribution < 1.29 is 14.7 Å². The molecule has 0 radical (unpaired) electrons. The van der Waals surface area contributed by atoms with Gasteiger partial charge in [0.2, 0.25) is 0 Å². The van der Waals surface area contributed by atoms with E-state index in [1.165, 1.54) is 0 Å². The fourth-order valence-electron chi connectivity index (χ4n) is 1.79. The van der Waals surface area contributed by atoms with Crippen LogP contribution in [-0.2, 0) is 4.79 Å². The monoisotopic (exact) mass is 228 g/mol. The van der Waals surface area contributed by atoms with Gasteiger partial charge < -0.3 is 14.9 Å². The van der Waals surface area contributed by atoms with E-state index in [0.29, 0.717) is 13.1 Å². The first kappa shape index (κ1) is 12.8. The average Bonchev–Trinajstić information content (AvgIpc) is 2.19. The Balaban J connectivity index is 2.34. The van der Waals surface area contributed by atoms with E-state index in [9.17, 15) is 9.59 Å². The number of carboxylic acids is 1. The summed E-state index contributed by atoms with van der Waals surface area (Å²) < 4.78 is 0. The van der Waals surface area contributed by atoms with Crippen molar-refractivity contribution in [3.63, 3.8) is 0 Å². The Hall–Kier alpha value is -1.26.